The second kappa shape index (κ2) is 9.13. The minimum absolute atomic E-state index is 0.145. The standard InChI is InChI=1S/C22H25N3O3S/c1-2-27-18-8-9-19-20(16-18)29-22(23-19)25-13-11-24(12-14-25)21(26)10-15-28-17-6-4-3-5-7-17/h3-9,16H,2,10-15H2,1H3. The topological polar surface area (TPSA) is 54.9 Å². The fraction of sp³-hybridized carbons (Fsp3) is 0.364. The summed E-state index contributed by atoms with van der Waals surface area (Å²) in [7, 11) is 0. The van der Waals surface area contributed by atoms with Gasteiger partial charge < -0.3 is 19.3 Å². The highest BCUT2D eigenvalue weighted by molar-refractivity contribution is 7.22. The molecule has 0 N–H and O–H groups in total. The number of carbonyl (C=O) groups excluding carboxylic acids is 1. The number of thiazole rings is 1. The van der Waals surface area contributed by atoms with Crippen molar-refractivity contribution in [2.75, 3.05) is 44.3 Å². The molecule has 7 heteroatoms. The van der Waals surface area contributed by atoms with E-state index in [9.17, 15) is 4.79 Å². The Morgan fingerprint density at radius 1 is 1.03 bits per heavy atom. The summed E-state index contributed by atoms with van der Waals surface area (Å²) in [4.78, 5) is 21.4. The highest BCUT2D eigenvalue weighted by atomic mass is 32.1. The monoisotopic (exact) mass is 411 g/mol. The third kappa shape index (κ3) is 4.79. The maximum Gasteiger partial charge on any atom is 0.226 e. The average Bonchev–Trinajstić information content (AvgIpc) is 3.18. The predicted molar refractivity (Wildman–Crippen MR) is 116 cm³/mol. The van der Waals surface area contributed by atoms with E-state index in [-0.39, 0.29) is 5.91 Å². The van der Waals surface area contributed by atoms with Crippen molar-refractivity contribution in [3.05, 3.63) is 48.5 Å². The van der Waals surface area contributed by atoms with E-state index in [1.807, 2.05) is 60.4 Å². The molecule has 1 aliphatic heterocycles. The molecule has 0 unspecified atom stereocenters. The SMILES string of the molecule is CCOc1ccc2nc(N3CCN(C(=O)CCOc4ccccc4)CC3)sc2c1. The average molecular weight is 412 g/mol. The van der Waals surface area contributed by atoms with E-state index < -0.39 is 0 Å². The number of nitrogens with zero attached hydrogens (tertiary/aromatic N) is 3. The lowest BCUT2D eigenvalue weighted by molar-refractivity contribution is -0.132. The molecule has 152 valence electrons. The Labute approximate surface area is 174 Å². The van der Waals surface area contributed by atoms with Crippen LogP contribution in [-0.2, 0) is 4.79 Å². The van der Waals surface area contributed by atoms with Crippen molar-refractivity contribution in [1.82, 2.24) is 9.88 Å². The largest absolute Gasteiger partial charge is 0.494 e. The molecule has 2 heterocycles. The van der Waals surface area contributed by atoms with Gasteiger partial charge in [-0.3, -0.25) is 4.79 Å². The fourth-order valence-electron chi connectivity index (χ4n) is 3.36. The van der Waals surface area contributed by atoms with E-state index in [1.165, 1.54) is 0 Å². The molecule has 0 atom stereocenters. The van der Waals surface area contributed by atoms with Crippen molar-refractivity contribution < 1.29 is 14.3 Å². The number of para-hydroxylation sites is 1. The van der Waals surface area contributed by atoms with E-state index in [1.54, 1.807) is 11.3 Å². The zero-order chi connectivity index (χ0) is 20.1. The molecule has 6 nitrogen and oxygen atoms in total. The summed E-state index contributed by atoms with van der Waals surface area (Å²) in [6.07, 6.45) is 0.399. The number of anilines is 1. The molecule has 29 heavy (non-hydrogen) atoms. The van der Waals surface area contributed by atoms with E-state index >= 15 is 0 Å². The van der Waals surface area contributed by atoms with Crippen LogP contribution >= 0.6 is 11.3 Å². The summed E-state index contributed by atoms with van der Waals surface area (Å²) in [6.45, 7) is 6.06. The van der Waals surface area contributed by atoms with E-state index in [2.05, 4.69) is 4.90 Å². The van der Waals surface area contributed by atoms with Crippen LogP contribution in [0.5, 0.6) is 11.5 Å². The van der Waals surface area contributed by atoms with Crippen LogP contribution in [0.25, 0.3) is 10.2 Å². The number of fused-ring (bicyclic) bond motifs is 1. The number of benzene rings is 2. The van der Waals surface area contributed by atoms with Gasteiger partial charge in [-0.2, -0.15) is 0 Å². The van der Waals surface area contributed by atoms with Gasteiger partial charge in [0.1, 0.15) is 11.5 Å². The number of carbonyl (C=O) groups is 1. The van der Waals surface area contributed by atoms with Gasteiger partial charge in [0.15, 0.2) is 5.13 Å². The van der Waals surface area contributed by atoms with E-state index in [4.69, 9.17) is 14.5 Å². The van der Waals surface area contributed by atoms with Gasteiger partial charge in [0, 0.05) is 26.2 Å². The van der Waals surface area contributed by atoms with Gasteiger partial charge in [-0.25, -0.2) is 4.98 Å². The lowest BCUT2D eigenvalue weighted by Gasteiger charge is -2.34. The molecule has 1 aliphatic rings. The Morgan fingerprint density at radius 2 is 1.83 bits per heavy atom. The molecule has 1 aromatic heterocycles. The van der Waals surface area contributed by atoms with Crippen LogP contribution in [0.2, 0.25) is 0 Å². The second-order valence-electron chi connectivity index (χ2n) is 6.84. The van der Waals surface area contributed by atoms with Crippen LogP contribution in [0.1, 0.15) is 13.3 Å². The summed E-state index contributed by atoms with van der Waals surface area (Å²) < 4.78 is 12.3. The number of amides is 1. The maximum atomic E-state index is 12.5. The molecule has 2 aromatic carbocycles. The van der Waals surface area contributed by atoms with Crippen molar-refractivity contribution in [1.29, 1.82) is 0 Å². The second-order valence-corrected chi connectivity index (χ2v) is 7.85. The highest BCUT2D eigenvalue weighted by Gasteiger charge is 2.23. The van der Waals surface area contributed by atoms with Crippen LogP contribution in [-0.4, -0.2) is 55.2 Å². The van der Waals surface area contributed by atoms with Crippen molar-refractivity contribution in [2.24, 2.45) is 0 Å². The number of hydrogen-bond acceptors (Lipinski definition) is 6. The Morgan fingerprint density at radius 3 is 2.59 bits per heavy atom. The first-order valence-corrected chi connectivity index (χ1v) is 10.8. The highest BCUT2D eigenvalue weighted by Crippen LogP contribution is 2.32. The summed E-state index contributed by atoms with van der Waals surface area (Å²) in [5.41, 5.74) is 0.991. The molecule has 0 radical (unpaired) electrons. The molecule has 1 fully saturated rings. The quantitative estimate of drug-likeness (QED) is 0.592. The van der Waals surface area contributed by atoms with E-state index in [0.29, 0.717) is 32.7 Å². The Hall–Kier alpha value is -2.80. The van der Waals surface area contributed by atoms with Crippen molar-refractivity contribution in [3.8, 4) is 11.5 Å². The zero-order valence-electron chi connectivity index (χ0n) is 16.5. The smallest absolute Gasteiger partial charge is 0.226 e. The molecular formula is C22H25N3O3S. The summed E-state index contributed by atoms with van der Waals surface area (Å²) in [5.74, 6) is 1.82. The van der Waals surface area contributed by atoms with Gasteiger partial charge in [0.25, 0.3) is 0 Å². The van der Waals surface area contributed by atoms with Crippen LogP contribution < -0.4 is 14.4 Å². The van der Waals surface area contributed by atoms with Gasteiger partial charge in [0.2, 0.25) is 5.91 Å². The van der Waals surface area contributed by atoms with Crippen molar-refractivity contribution >= 4 is 32.6 Å². The molecule has 4 rings (SSSR count). The molecule has 0 saturated carbocycles. The Bertz CT molecular complexity index is 952. The molecular weight excluding hydrogens is 386 g/mol. The lowest BCUT2D eigenvalue weighted by Crippen LogP contribution is -2.49. The van der Waals surface area contributed by atoms with Crippen molar-refractivity contribution in [2.45, 2.75) is 13.3 Å². The first kappa shape index (κ1) is 19.5. The number of hydrogen-bond donors (Lipinski definition) is 0. The molecule has 0 spiro atoms. The molecule has 0 bridgehead atoms. The molecule has 0 aliphatic carbocycles. The van der Waals surface area contributed by atoms with Gasteiger partial charge in [-0.15, -0.1) is 0 Å². The molecule has 3 aromatic rings. The Balaban J connectivity index is 1.28. The normalized spacial score (nSPS) is 14.2. The van der Waals surface area contributed by atoms with Crippen LogP contribution in [0, 0.1) is 0 Å². The van der Waals surface area contributed by atoms with Gasteiger partial charge in [0.05, 0.1) is 29.9 Å². The minimum atomic E-state index is 0.145. The van der Waals surface area contributed by atoms with Gasteiger partial charge in [-0.1, -0.05) is 29.5 Å². The van der Waals surface area contributed by atoms with Crippen LogP contribution in [0.3, 0.4) is 0 Å². The lowest BCUT2D eigenvalue weighted by atomic mass is 10.3. The fourth-order valence-corrected chi connectivity index (χ4v) is 4.41. The summed E-state index contributed by atoms with van der Waals surface area (Å²) in [5, 5.41) is 1.01. The first-order valence-electron chi connectivity index (χ1n) is 9.97. The molecule has 1 saturated heterocycles. The predicted octanol–water partition coefficient (Wildman–Crippen LogP) is 3.81. The zero-order valence-corrected chi connectivity index (χ0v) is 17.4. The Kier molecular flexibility index (Phi) is 6.14. The van der Waals surface area contributed by atoms with Crippen molar-refractivity contribution in [3.63, 3.8) is 0 Å². The molecule has 1 amide bonds. The van der Waals surface area contributed by atoms with Gasteiger partial charge in [-0.05, 0) is 37.3 Å². The number of rotatable bonds is 7. The van der Waals surface area contributed by atoms with Gasteiger partial charge >= 0.3 is 0 Å². The first-order chi connectivity index (χ1) is 14.2. The maximum absolute atomic E-state index is 12.5. The number of ether oxygens (including phenoxy) is 2. The third-order valence-electron chi connectivity index (χ3n) is 4.89. The number of aromatic nitrogens is 1. The van der Waals surface area contributed by atoms with Crippen LogP contribution in [0.15, 0.2) is 48.5 Å². The van der Waals surface area contributed by atoms with Crippen LogP contribution in [0.4, 0.5) is 5.13 Å². The van der Waals surface area contributed by atoms with E-state index in [0.717, 1.165) is 39.9 Å². The summed E-state index contributed by atoms with van der Waals surface area (Å²) >= 11 is 1.68. The number of piperazine rings is 1. The summed E-state index contributed by atoms with van der Waals surface area (Å²) in [6, 6.07) is 15.6. The minimum Gasteiger partial charge on any atom is -0.494 e. The third-order valence-corrected chi connectivity index (χ3v) is 5.97.